The van der Waals surface area contributed by atoms with Gasteiger partial charge in [-0.15, -0.1) is 0 Å². The van der Waals surface area contributed by atoms with Gasteiger partial charge in [0.15, 0.2) is 6.10 Å². The van der Waals surface area contributed by atoms with Gasteiger partial charge in [0, 0.05) is 13.2 Å². The Morgan fingerprint density at radius 2 is 2.31 bits per heavy atom. The van der Waals surface area contributed by atoms with Crippen LogP contribution in [0.3, 0.4) is 0 Å². The van der Waals surface area contributed by atoms with E-state index in [4.69, 9.17) is 5.11 Å². The average molecular weight is 237 g/mol. The van der Waals surface area contributed by atoms with E-state index in [1.165, 1.54) is 17.1 Å². The Hall–Kier alpha value is -1.57. The van der Waals surface area contributed by atoms with Gasteiger partial charge in [0.25, 0.3) is 5.91 Å². The summed E-state index contributed by atoms with van der Waals surface area (Å²) in [5, 5.41) is 14.3. The van der Waals surface area contributed by atoms with E-state index in [1.54, 1.807) is 7.05 Å². The Kier molecular flexibility index (Phi) is 3.53. The van der Waals surface area contributed by atoms with Crippen LogP contribution < -0.4 is 5.32 Å². The normalized spacial score (nSPS) is 13.6. The summed E-state index contributed by atoms with van der Waals surface area (Å²) in [6.07, 6.45) is -4.72. The number of alkyl halides is 3. The van der Waals surface area contributed by atoms with Crippen LogP contribution in [-0.2, 0) is 7.05 Å². The zero-order chi connectivity index (χ0) is 12.3. The number of nitrogens with zero attached hydrogens (tertiary/aromatic N) is 2. The highest BCUT2D eigenvalue weighted by atomic mass is 19.4. The highest BCUT2D eigenvalue weighted by molar-refractivity contribution is 5.93. The molecule has 0 spiro atoms. The maximum Gasteiger partial charge on any atom is 0.416 e. The van der Waals surface area contributed by atoms with Gasteiger partial charge < -0.3 is 10.4 Å². The lowest BCUT2D eigenvalue weighted by Crippen LogP contribution is -2.40. The number of hydrogen-bond acceptors (Lipinski definition) is 3. The molecule has 0 aromatic carbocycles. The number of rotatable bonds is 3. The summed E-state index contributed by atoms with van der Waals surface area (Å²) < 4.78 is 37.0. The SMILES string of the molecule is Cn1cc(C(=O)NCC(O)C(F)(F)F)cn1. The molecule has 0 aliphatic heterocycles. The van der Waals surface area contributed by atoms with Crippen molar-refractivity contribution >= 4 is 5.91 Å². The molecule has 2 N–H and O–H groups in total. The molecule has 5 nitrogen and oxygen atoms in total. The van der Waals surface area contributed by atoms with E-state index < -0.39 is 24.7 Å². The van der Waals surface area contributed by atoms with Crippen LogP contribution in [0.25, 0.3) is 0 Å². The van der Waals surface area contributed by atoms with E-state index >= 15 is 0 Å². The number of aliphatic hydroxyl groups excluding tert-OH is 1. The molecule has 1 rings (SSSR count). The van der Waals surface area contributed by atoms with E-state index in [0.29, 0.717) is 0 Å². The van der Waals surface area contributed by atoms with Crippen LogP contribution >= 0.6 is 0 Å². The maximum atomic E-state index is 11.9. The predicted molar refractivity (Wildman–Crippen MR) is 47.6 cm³/mol. The Bertz CT molecular complexity index is 375. The molecule has 90 valence electrons. The van der Waals surface area contributed by atoms with Crippen molar-refractivity contribution in [2.45, 2.75) is 12.3 Å². The molecule has 1 atom stereocenters. The number of nitrogens with one attached hydrogen (secondary N) is 1. The van der Waals surface area contributed by atoms with Gasteiger partial charge in [0.2, 0.25) is 0 Å². The van der Waals surface area contributed by atoms with E-state index in [0.717, 1.165) is 0 Å². The second-order valence-electron chi connectivity index (χ2n) is 3.17. The number of halogens is 3. The van der Waals surface area contributed by atoms with E-state index in [-0.39, 0.29) is 5.56 Å². The van der Waals surface area contributed by atoms with Crippen molar-refractivity contribution in [2.75, 3.05) is 6.54 Å². The molecule has 0 bridgehead atoms. The number of aryl methyl sites for hydroxylation is 1. The van der Waals surface area contributed by atoms with Crippen molar-refractivity contribution in [2.24, 2.45) is 7.05 Å². The first-order chi connectivity index (χ1) is 7.30. The third kappa shape index (κ3) is 3.23. The van der Waals surface area contributed by atoms with Crippen LogP contribution in [-0.4, -0.2) is 39.6 Å². The van der Waals surface area contributed by atoms with Gasteiger partial charge in [-0.2, -0.15) is 18.3 Å². The molecule has 1 aromatic rings. The molecule has 0 aliphatic rings. The summed E-state index contributed by atoms with van der Waals surface area (Å²) in [7, 11) is 1.57. The Balaban J connectivity index is 2.48. The van der Waals surface area contributed by atoms with Crippen LogP contribution in [0.15, 0.2) is 12.4 Å². The molecule has 0 radical (unpaired) electrons. The molecule has 8 heteroatoms. The molecule has 0 saturated heterocycles. The van der Waals surface area contributed by atoms with Crippen molar-refractivity contribution in [1.29, 1.82) is 0 Å². The quantitative estimate of drug-likeness (QED) is 0.782. The lowest BCUT2D eigenvalue weighted by Gasteiger charge is -2.14. The van der Waals surface area contributed by atoms with Crippen LogP contribution in [0.2, 0.25) is 0 Å². The van der Waals surface area contributed by atoms with Gasteiger partial charge in [0.05, 0.1) is 18.3 Å². The highest BCUT2D eigenvalue weighted by Gasteiger charge is 2.38. The molecule has 0 saturated carbocycles. The van der Waals surface area contributed by atoms with Crippen molar-refractivity contribution in [3.63, 3.8) is 0 Å². The molecular formula is C8H10F3N3O2. The average Bonchev–Trinajstić information content (AvgIpc) is 2.59. The predicted octanol–water partition coefficient (Wildman–Crippen LogP) is 0.0731. The minimum Gasteiger partial charge on any atom is -0.382 e. The number of carbonyl (C=O) groups excluding carboxylic acids is 1. The Labute approximate surface area is 88.9 Å². The lowest BCUT2D eigenvalue weighted by molar-refractivity contribution is -0.201. The van der Waals surface area contributed by atoms with Crippen LogP contribution in [0.5, 0.6) is 0 Å². The van der Waals surface area contributed by atoms with Crippen LogP contribution in [0, 0.1) is 0 Å². The fourth-order valence-corrected chi connectivity index (χ4v) is 0.946. The van der Waals surface area contributed by atoms with Gasteiger partial charge in [-0.25, -0.2) is 0 Å². The molecule has 0 aliphatic carbocycles. The summed E-state index contributed by atoms with van der Waals surface area (Å²) in [4.78, 5) is 11.2. The van der Waals surface area contributed by atoms with Gasteiger partial charge in [-0.1, -0.05) is 0 Å². The van der Waals surface area contributed by atoms with E-state index in [1.807, 2.05) is 5.32 Å². The fraction of sp³-hybridized carbons (Fsp3) is 0.500. The zero-order valence-corrected chi connectivity index (χ0v) is 8.32. The largest absolute Gasteiger partial charge is 0.416 e. The van der Waals surface area contributed by atoms with Crippen molar-refractivity contribution in [3.8, 4) is 0 Å². The molecule has 1 aromatic heterocycles. The van der Waals surface area contributed by atoms with Gasteiger partial charge >= 0.3 is 6.18 Å². The molecular weight excluding hydrogens is 227 g/mol. The lowest BCUT2D eigenvalue weighted by atomic mass is 10.3. The van der Waals surface area contributed by atoms with Gasteiger partial charge in [0.1, 0.15) is 0 Å². The minimum atomic E-state index is -4.73. The zero-order valence-electron chi connectivity index (χ0n) is 8.32. The molecule has 16 heavy (non-hydrogen) atoms. The highest BCUT2D eigenvalue weighted by Crippen LogP contribution is 2.19. The van der Waals surface area contributed by atoms with Crippen LogP contribution in [0.4, 0.5) is 13.2 Å². The second-order valence-corrected chi connectivity index (χ2v) is 3.17. The third-order valence-electron chi connectivity index (χ3n) is 1.80. The van der Waals surface area contributed by atoms with E-state index in [2.05, 4.69) is 5.10 Å². The smallest absolute Gasteiger partial charge is 0.382 e. The summed E-state index contributed by atoms with van der Waals surface area (Å²) >= 11 is 0. The van der Waals surface area contributed by atoms with Crippen LogP contribution in [0.1, 0.15) is 10.4 Å². The minimum absolute atomic E-state index is 0.136. The number of aromatic nitrogens is 2. The summed E-state index contributed by atoms with van der Waals surface area (Å²) in [5.41, 5.74) is 0.136. The molecule has 1 unspecified atom stereocenters. The first kappa shape index (κ1) is 12.5. The standard InChI is InChI=1S/C8H10F3N3O2/c1-14-4-5(2-13-14)7(16)12-3-6(15)8(9,10)11/h2,4,6,15H,3H2,1H3,(H,12,16). The molecule has 1 heterocycles. The van der Waals surface area contributed by atoms with E-state index in [9.17, 15) is 18.0 Å². The van der Waals surface area contributed by atoms with Gasteiger partial charge in [-0.3, -0.25) is 9.48 Å². The van der Waals surface area contributed by atoms with Gasteiger partial charge in [-0.05, 0) is 0 Å². The summed E-state index contributed by atoms with van der Waals surface area (Å²) in [6.45, 7) is -0.878. The van der Waals surface area contributed by atoms with Crippen molar-refractivity contribution in [3.05, 3.63) is 18.0 Å². The van der Waals surface area contributed by atoms with Crippen molar-refractivity contribution in [1.82, 2.24) is 15.1 Å². The topological polar surface area (TPSA) is 67.2 Å². The fourth-order valence-electron chi connectivity index (χ4n) is 0.946. The maximum absolute atomic E-state index is 11.9. The Morgan fingerprint density at radius 1 is 1.69 bits per heavy atom. The second kappa shape index (κ2) is 4.52. The summed E-state index contributed by atoms with van der Waals surface area (Å²) in [5.74, 6) is -0.712. The summed E-state index contributed by atoms with van der Waals surface area (Å²) in [6, 6.07) is 0. The molecule has 1 amide bonds. The number of carbonyl (C=O) groups is 1. The number of hydrogen-bond donors (Lipinski definition) is 2. The number of amides is 1. The molecule has 0 fully saturated rings. The first-order valence-corrected chi connectivity index (χ1v) is 4.32. The first-order valence-electron chi connectivity index (χ1n) is 4.32. The van der Waals surface area contributed by atoms with Crippen molar-refractivity contribution < 1.29 is 23.1 Å². The number of aliphatic hydroxyl groups is 1. The Morgan fingerprint density at radius 3 is 2.75 bits per heavy atom. The third-order valence-corrected chi connectivity index (χ3v) is 1.80. The monoisotopic (exact) mass is 237 g/mol.